The van der Waals surface area contributed by atoms with Crippen molar-refractivity contribution in [2.24, 2.45) is 0 Å². The van der Waals surface area contributed by atoms with Crippen molar-refractivity contribution < 1.29 is 79.5 Å². The number of Topliss-reactive ketones (excluding diaryl/α,β-unsaturated/α-hetero) is 1. The van der Waals surface area contributed by atoms with Crippen LogP contribution in [0.2, 0.25) is 0 Å². The molecule has 16 heteroatoms. The molecule has 0 aromatic heterocycles. The van der Waals surface area contributed by atoms with Crippen molar-refractivity contribution >= 4 is 5.78 Å². The first kappa shape index (κ1) is 31.1. The second-order valence-electron chi connectivity index (χ2n) is 10.4. The molecule has 0 bridgehead atoms. The number of rotatable bonds is 7. The van der Waals surface area contributed by atoms with Gasteiger partial charge in [0, 0.05) is 12.1 Å². The Kier molecular flexibility index (Phi) is 8.96. The van der Waals surface area contributed by atoms with Gasteiger partial charge in [0.2, 0.25) is 6.29 Å². The molecular weight excluding hydrogens is 580 g/mol. The normalized spacial score (nSPS) is 36.1. The van der Waals surface area contributed by atoms with E-state index >= 15 is 0 Å². The van der Waals surface area contributed by atoms with Crippen LogP contribution >= 0.6 is 0 Å². The zero-order valence-corrected chi connectivity index (χ0v) is 22.3. The molecule has 10 N–H and O–H groups in total. The molecule has 3 aliphatic heterocycles. The van der Waals surface area contributed by atoms with Crippen LogP contribution in [0.25, 0.3) is 0 Å². The number of fused-ring (bicyclic) bond motifs is 1. The standard InChI is InChI=1S/C27H32O16/c28-7-17-20(34)22(36)24(38)26(41-17)43-25-23(37)21(35)18(8-29)42-27(25)40-16-5-10(30)4-15-19(16)13(33)6-14(39-15)9-1-2-11(31)12(32)3-9/h1-5,14,17-18,20-32,34-38H,6-8H2/t14-,17-,18-,20-,21-,22+,23+,24-,25-,26+,27-/m1/s1. The number of aromatic hydroxyl groups is 3. The van der Waals surface area contributed by atoms with Crippen molar-refractivity contribution in [3.63, 3.8) is 0 Å². The molecule has 236 valence electrons. The quantitative estimate of drug-likeness (QED) is 0.145. The van der Waals surface area contributed by atoms with E-state index < -0.39 is 98.0 Å². The van der Waals surface area contributed by atoms with Crippen LogP contribution in [0.3, 0.4) is 0 Å². The molecule has 16 nitrogen and oxygen atoms in total. The zero-order valence-electron chi connectivity index (χ0n) is 22.3. The maximum Gasteiger partial charge on any atom is 0.229 e. The van der Waals surface area contributed by atoms with Crippen LogP contribution in [0.1, 0.15) is 28.4 Å². The van der Waals surface area contributed by atoms with Crippen LogP contribution in [0, 0.1) is 0 Å². The molecule has 3 heterocycles. The highest BCUT2D eigenvalue weighted by atomic mass is 16.8. The Morgan fingerprint density at radius 2 is 1.42 bits per heavy atom. The fraction of sp³-hybridized carbons (Fsp3) is 0.519. The van der Waals surface area contributed by atoms with Gasteiger partial charge in [-0.15, -0.1) is 0 Å². The fourth-order valence-corrected chi connectivity index (χ4v) is 5.18. The lowest BCUT2D eigenvalue weighted by Gasteiger charge is -2.46. The third-order valence-electron chi connectivity index (χ3n) is 7.55. The van der Waals surface area contributed by atoms with Crippen molar-refractivity contribution in [1.29, 1.82) is 0 Å². The molecule has 0 spiro atoms. The number of aliphatic hydroxyl groups excluding tert-OH is 7. The van der Waals surface area contributed by atoms with E-state index in [0.29, 0.717) is 5.56 Å². The number of aliphatic hydroxyl groups is 7. The van der Waals surface area contributed by atoms with E-state index in [1.807, 2.05) is 0 Å². The third kappa shape index (κ3) is 5.94. The van der Waals surface area contributed by atoms with E-state index in [4.69, 9.17) is 23.7 Å². The Bertz CT molecular complexity index is 1320. The van der Waals surface area contributed by atoms with E-state index in [-0.39, 0.29) is 29.2 Å². The van der Waals surface area contributed by atoms with Crippen molar-refractivity contribution in [2.75, 3.05) is 13.2 Å². The molecule has 0 unspecified atom stereocenters. The predicted molar refractivity (Wildman–Crippen MR) is 137 cm³/mol. The van der Waals surface area contributed by atoms with Gasteiger partial charge in [0.15, 0.2) is 29.7 Å². The van der Waals surface area contributed by atoms with Crippen LogP contribution in [0.15, 0.2) is 30.3 Å². The molecule has 2 fully saturated rings. The minimum atomic E-state index is -1.89. The second-order valence-corrected chi connectivity index (χ2v) is 10.4. The Morgan fingerprint density at radius 3 is 2.07 bits per heavy atom. The Balaban J connectivity index is 1.44. The van der Waals surface area contributed by atoms with Crippen molar-refractivity contribution in [2.45, 2.75) is 73.9 Å². The van der Waals surface area contributed by atoms with Crippen LogP contribution < -0.4 is 9.47 Å². The van der Waals surface area contributed by atoms with Crippen LogP contribution in [0.4, 0.5) is 0 Å². The molecule has 3 aliphatic rings. The van der Waals surface area contributed by atoms with Crippen molar-refractivity contribution in [3.8, 4) is 28.7 Å². The zero-order chi connectivity index (χ0) is 31.2. The summed E-state index contributed by atoms with van der Waals surface area (Å²) in [5, 5.41) is 101. The molecule has 0 amide bonds. The summed E-state index contributed by atoms with van der Waals surface area (Å²) in [5.74, 6) is -2.18. The summed E-state index contributed by atoms with van der Waals surface area (Å²) in [6.07, 6.45) is -18.2. The summed E-state index contributed by atoms with van der Waals surface area (Å²) >= 11 is 0. The number of hydrogen-bond acceptors (Lipinski definition) is 16. The Hall–Kier alpha value is -3.29. The smallest absolute Gasteiger partial charge is 0.229 e. The molecule has 0 radical (unpaired) electrons. The van der Waals surface area contributed by atoms with Gasteiger partial charge in [0.05, 0.1) is 19.6 Å². The van der Waals surface area contributed by atoms with Gasteiger partial charge in [-0.3, -0.25) is 4.79 Å². The molecule has 2 aromatic rings. The number of carbonyl (C=O) groups excluding carboxylic acids is 1. The highest BCUT2D eigenvalue weighted by Gasteiger charge is 2.51. The van der Waals surface area contributed by atoms with Gasteiger partial charge in [0.25, 0.3) is 0 Å². The average Bonchev–Trinajstić information content (AvgIpc) is 2.97. The summed E-state index contributed by atoms with van der Waals surface area (Å²) in [6.45, 7) is -1.56. The number of hydrogen-bond donors (Lipinski definition) is 10. The van der Waals surface area contributed by atoms with Crippen molar-refractivity contribution in [3.05, 3.63) is 41.5 Å². The first-order chi connectivity index (χ1) is 20.4. The monoisotopic (exact) mass is 612 g/mol. The molecule has 0 aliphatic carbocycles. The molecule has 0 saturated carbocycles. The molecule has 11 atom stereocenters. The summed E-state index contributed by atoms with van der Waals surface area (Å²) in [4.78, 5) is 13.3. The van der Waals surface area contributed by atoms with Crippen LogP contribution in [-0.2, 0) is 14.2 Å². The topological polar surface area (TPSA) is 266 Å². The van der Waals surface area contributed by atoms with E-state index in [1.165, 1.54) is 18.2 Å². The number of phenols is 3. The highest BCUT2D eigenvalue weighted by Crippen LogP contribution is 2.44. The molecule has 2 aromatic carbocycles. The van der Waals surface area contributed by atoms with Crippen LogP contribution in [-0.4, -0.2) is 131 Å². The Labute approximate surface area is 243 Å². The number of carbonyl (C=O) groups is 1. The molecular formula is C27H32O16. The highest BCUT2D eigenvalue weighted by molar-refractivity contribution is 6.02. The SMILES string of the molecule is O=C1C[C@H](c2ccc(O)c(O)c2)Oc2cc(O)cc(O[C@@H]3O[C@H](CO)[C@@H](O)[C@H](O)[C@H]3O[C@@H]3O[C@H](CO)[C@@H](O)[C@H](O)[C@H]3O)c21. The van der Waals surface area contributed by atoms with E-state index in [9.17, 15) is 55.9 Å². The lowest BCUT2D eigenvalue weighted by Crippen LogP contribution is -2.65. The Morgan fingerprint density at radius 1 is 0.767 bits per heavy atom. The first-order valence-electron chi connectivity index (χ1n) is 13.3. The minimum absolute atomic E-state index is 0.120. The lowest BCUT2D eigenvalue weighted by atomic mass is 9.95. The average molecular weight is 613 g/mol. The summed E-state index contributed by atoms with van der Waals surface area (Å²) in [5.41, 5.74) is 0.208. The lowest BCUT2D eigenvalue weighted by molar-refractivity contribution is -0.357. The second kappa shape index (κ2) is 12.4. The molecule has 5 rings (SSSR count). The van der Waals surface area contributed by atoms with Crippen LogP contribution in [0.5, 0.6) is 28.7 Å². The van der Waals surface area contributed by atoms with Gasteiger partial charge in [-0.1, -0.05) is 6.07 Å². The van der Waals surface area contributed by atoms with Gasteiger partial charge in [-0.2, -0.15) is 0 Å². The molecule has 43 heavy (non-hydrogen) atoms. The van der Waals surface area contributed by atoms with E-state index in [1.54, 1.807) is 0 Å². The van der Waals surface area contributed by atoms with Crippen molar-refractivity contribution in [1.82, 2.24) is 0 Å². The van der Waals surface area contributed by atoms with Gasteiger partial charge in [0.1, 0.15) is 71.6 Å². The predicted octanol–water partition coefficient (Wildman–Crippen LogP) is -2.49. The fourth-order valence-electron chi connectivity index (χ4n) is 5.18. The summed E-state index contributed by atoms with van der Waals surface area (Å²) < 4.78 is 28.3. The largest absolute Gasteiger partial charge is 0.508 e. The van der Waals surface area contributed by atoms with Gasteiger partial charge in [-0.25, -0.2) is 0 Å². The summed E-state index contributed by atoms with van der Waals surface area (Å²) in [7, 11) is 0. The number of benzene rings is 2. The number of ether oxygens (including phenoxy) is 5. The number of phenolic OH excluding ortho intramolecular Hbond substituents is 3. The summed E-state index contributed by atoms with van der Waals surface area (Å²) in [6, 6.07) is 6.07. The third-order valence-corrected chi connectivity index (χ3v) is 7.55. The minimum Gasteiger partial charge on any atom is -0.508 e. The number of ketones is 1. The maximum atomic E-state index is 13.3. The van der Waals surface area contributed by atoms with Gasteiger partial charge >= 0.3 is 0 Å². The van der Waals surface area contributed by atoms with Gasteiger partial charge in [-0.05, 0) is 17.7 Å². The first-order valence-corrected chi connectivity index (χ1v) is 13.3. The van der Waals surface area contributed by atoms with E-state index in [0.717, 1.165) is 12.1 Å². The maximum absolute atomic E-state index is 13.3. The molecule has 2 saturated heterocycles. The van der Waals surface area contributed by atoms with Gasteiger partial charge < -0.3 is 74.7 Å². The van der Waals surface area contributed by atoms with E-state index in [2.05, 4.69) is 0 Å².